The van der Waals surface area contributed by atoms with Gasteiger partial charge in [-0.3, -0.25) is 14.9 Å². The van der Waals surface area contributed by atoms with Gasteiger partial charge in [-0.2, -0.15) is 5.10 Å². The average molecular weight is 513 g/mol. The summed E-state index contributed by atoms with van der Waals surface area (Å²) in [4.78, 5) is 22.4. The molecular formula is C19H20IN3O6. The van der Waals surface area contributed by atoms with Gasteiger partial charge in [0.15, 0.2) is 18.1 Å². The first-order chi connectivity index (χ1) is 13.7. The smallest absolute Gasteiger partial charge is 0.277 e. The number of halogens is 1. The maximum absolute atomic E-state index is 12.0. The van der Waals surface area contributed by atoms with E-state index in [0.717, 1.165) is 33.0 Å². The summed E-state index contributed by atoms with van der Waals surface area (Å²) in [6.07, 6.45) is 1.10. The van der Waals surface area contributed by atoms with Crippen LogP contribution in [-0.2, 0) is 4.79 Å². The Morgan fingerprint density at radius 3 is 2.52 bits per heavy atom. The topological polar surface area (TPSA) is 123 Å². The van der Waals surface area contributed by atoms with Gasteiger partial charge in [-0.05, 0) is 66.6 Å². The van der Waals surface area contributed by atoms with Crippen molar-refractivity contribution in [2.45, 2.75) is 20.8 Å². The van der Waals surface area contributed by atoms with Gasteiger partial charge in [0, 0.05) is 15.2 Å². The van der Waals surface area contributed by atoms with E-state index in [1.54, 1.807) is 6.92 Å². The molecule has 0 aliphatic heterocycles. The van der Waals surface area contributed by atoms with E-state index < -0.39 is 10.8 Å². The third-order valence-electron chi connectivity index (χ3n) is 3.77. The fourth-order valence-corrected chi connectivity index (χ4v) is 3.49. The molecule has 0 atom stereocenters. The highest BCUT2D eigenvalue weighted by Gasteiger charge is 2.16. The van der Waals surface area contributed by atoms with E-state index in [-0.39, 0.29) is 36.0 Å². The lowest BCUT2D eigenvalue weighted by atomic mass is 10.1. The average Bonchev–Trinajstić information content (AvgIpc) is 2.63. The second-order valence-electron chi connectivity index (χ2n) is 6.02. The number of phenolic OH excluding ortho intramolecular Hbond substituents is 1. The molecule has 29 heavy (non-hydrogen) atoms. The van der Waals surface area contributed by atoms with Crippen molar-refractivity contribution in [2.75, 3.05) is 13.2 Å². The molecule has 0 saturated carbocycles. The number of hydrazone groups is 1. The molecule has 154 valence electrons. The van der Waals surface area contributed by atoms with Crippen LogP contribution >= 0.6 is 22.6 Å². The minimum atomic E-state index is -0.614. The van der Waals surface area contributed by atoms with E-state index in [1.807, 2.05) is 26.0 Å². The molecule has 2 aromatic rings. The van der Waals surface area contributed by atoms with Crippen LogP contribution in [0.15, 0.2) is 29.4 Å². The number of phenols is 1. The zero-order chi connectivity index (χ0) is 21.6. The van der Waals surface area contributed by atoms with Crippen LogP contribution in [0.5, 0.6) is 17.2 Å². The van der Waals surface area contributed by atoms with Crippen molar-refractivity contribution in [1.29, 1.82) is 0 Å². The van der Waals surface area contributed by atoms with Crippen LogP contribution in [0.3, 0.4) is 0 Å². The second kappa shape index (κ2) is 10.0. The summed E-state index contributed by atoms with van der Waals surface area (Å²) in [7, 11) is 0. The number of aryl methyl sites for hydroxylation is 2. The summed E-state index contributed by atoms with van der Waals surface area (Å²) >= 11 is 2.20. The van der Waals surface area contributed by atoms with Gasteiger partial charge < -0.3 is 14.6 Å². The van der Waals surface area contributed by atoms with Gasteiger partial charge in [0.25, 0.3) is 11.6 Å². The molecule has 10 heteroatoms. The van der Waals surface area contributed by atoms with Gasteiger partial charge in [0.1, 0.15) is 5.75 Å². The summed E-state index contributed by atoms with van der Waals surface area (Å²) < 4.78 is 11.8. The number of non-ortho nitro benzene ring substituents is 1. The van der Waals surface area contributed by atoms with Crippen molar-refractivity contribution >= 4 is 40.4 Å². The number of benzene rings is 2. The quantitative estimate of drug-likeness (QED) is 0.241. The van der Waals surface area contributed by atoms with Gasteiger partial charge in [-0.15, -0.1) is 0 Å². The van der Waals surface area contributed by atoms with Gasteiger partial charge in [-0.25, -0.2) is 5.43 Å². The third kappa shape index (κ3) is 6.04. The fraction of sp³-hybridized carbons (Fsp3) is 0.263. The zero-order valence-corrected chi connectivity index (χ0v) is 18.2. The number of rotatable bonds is 8. The number of hydrogen-bond donors (Lipinski definition) is 2. The normalized spacial score (nSPS) is 10.8. The molecule has 0 fully saturated rings. The van der Waals surface area contributed by atoms with E-state index >= 15 is 0 Å². The number of nitrogens with one attached hydrogen (secondary N) is 1. The Morgan fingerprint density at radius 2 is 1.93 bits per heavy atom. The largest absolute Gasteiger partial charge is 0.504 e. The van der Waals surface area contributed by atoms with Gasteiger partial charge in [0.2, 0.25) is 0 Å². The molecule has 0 spiro atoms. The molecule has 0 saturated heterocycles. The number of nitro benzene ring substituents is 1. The van der Waals surface area contributed by atoms with Crippen molar-refractivity contribution in [3.63, 3.8) is 0 Å². The van der Waals surface area contributed by atoms with Crippen LogP contribution in [-0.4, -0.2) is 35.4 Å². The molecule has 0 aliphatic rings. The first-order valence-electron chi connectivity index (χ1n) is 8.58. The maximum atomic E-state index is 12.0. The van der Waals surface area contributed by atoms with Crippen LogP contribution < -0.4 is 14.9 Å². The predicted molar refractivity (Wildman–Crippen MR) is 116 cm³/mol. The second-order valence-corrected chi connectivity index (χ2v) is 7.27. The minimum absolute atomic E-state index is 0.0354. The monoisotopic (exact) mass is 513 g/mol. The van der Waals surface area contributed by atoms with Crippen LogP contribution in [0.2, 0.25) is 0 Å². The molecule has 0 bridgehead atoms. The summed E-state index contributed by atoms with van der Waals surface area (Å²) in [6, 6.07) is 6.14. The van der Waals surface area contributed by atoms with Gasteiger partial charge in [0.05, 0.1) is 23.8 Å². The molecule has 0 unspecified atom stereocenters. The highest BCUT2D eigenvalue weighted by atomic mass is 127. The third-order valence-corrected chi connectivity index (χ3v) is 4.39. The van der Waals surface area contributed by atoms with Crippen LogP contribution in [0.25, 0.3) is 0 Å². The standard InChI is InChI=1S/C19H20IN3O6/c1-4-28-16-8-15(23(26)27)7-13(18(16)25)9-21-22-17(24)10-29-19-11(2)5-14(20)6-12(19)3/h5-9,25H,4,10H2,1-3H3,(H,22,24)/b21-9+. The first-order valence-corrected chi connectivity index (χ1v) is 9.66. The lowest BCUT2D eigenvalue weighted by Gasteiger charge is -2.12. The summed E-state index contributed by atoms with van der Waals surface area (Å²) in [5.41, 5.74) is 3.85. The number of nitrogens with zero attached hydrogens (tertiary/aromatic N) is 2. The summed E-state index contributed by atoms with van der Waals surface area (Å²) in [5.74, 6) is -0.241. The van der Waals surface area contributed by atoms with Gasteiger partial charge in [-0.1, -0.05) is 0 Å². The van der Waals surface area contributed by atoms with Crippen molar-refractivity contribution in [1.82, 2.24) is 5.43 Å². The van der Waals surface area contributed by atoms with E-state index in [2.05, 4.69) is 33.1 Å². The van der Waals surface area contributed by atoms with E-state index in [9.17, 15) is 20.0 Å². The Labute approximate surface area is 181 Å². The molecule has 0 radical (unpaired) electrons. The lowest BCUT2D eigenvalue weighted by Crippen LogP contribution is -2.25. The van der Waals surface area contributed by atoms with Crippen molar-refractivity contribution in [2.24, 2.45) is 5.10 Å². The molecule has 0 heterocycles. The molecular weight excluding hydrogens is 493 g/mol. The molecule has 0 aliphatic carbocycles. The maximum Gasteiger partial charge on any atom is 0.277 e. The molecule has 2 rings (SSSR count). The van der Waals surface area contributed by atoms with Crippen molar-refractivity contribution in [3.05, 3.63) is 54.6 Å². The Hall–Kier alpha value is -2.89. The Balaban J connectivity index is 2.06. The van der Waals surface area contributed by atoms with Crippen molar-refractivity contribution < 1.29 is 24.3 Å². The Kier molecular flexibility index (Phi) is 7.76. The number of aromatic hydroxyl groups is 1. The van der Waals surface area contributed by atoms with E-state index in [0.29, 0.717) is 5.75 Å². The predicted octanol–water partition coefficient (Wildman–Crippen LogP) is 3.45. The number of ether oxygens (including phenoxy) is 2. The van der Waals surface area contributed by atoms with E-state index in [1.165, 1.54) is 0 Å². The Morgan fingerprint density at radius 1 is 1.28 bits per heavy atom. The molecule has 1 amide bonds. The highest BCUT2D eigenvalue weighted by molar-refractivity contribution is 14.1. The number of amides is 1. The number of hydrogen-bond acceptors (Lipinski definition) is 7. The Bertz CT molecular complexity index is 938. The summed E-state index contributed by atoms with van der Waals surface area (Å²) in [6.45, 7) is 5.42. The fourth-order valence-electron chi connectivity index (χ4n) is 2.55. The number of carbonyl (C=O) groups is 1. The number of carbonyl (C=O) groups excluding carboxylic acids is 1. The zero-order valence-electron chi connectivity index (χ0n) is 16.1. The van der Waals surface area contributed by atoms with E-state index in [4.69, 9.17) is 9.47 Å². The highest BCUT2D eigenvalue weighted by Crippen LogP contribution is 2.33. The lowest BCUT2D eigenvalue weighted by molar-refractivity contribution is -0.385. The molecule has 9 nitrogen and oxygen atoms in total. The SMILES string of the molecule is CCOc1cc([N+](=O)[O-])cc(/C=N/NC(=O)COc2c(C)cc(I)cc2C)c1O. The minimum Gasteiger partial charge on any atom is -0.504 e. The van der Waals surface area contributed by atoms with Crippen LogP contribution in [0.1, 0.15) is 23.6 Å². The van der Waals surface area contributed by atoms with Crippen LogP contribution in [0, 0.1) is 27.5 Å². The van der Waals surface area contributed by atoms with Gasteiger partial charge >= 0.3 is 0 Å². The molecule has 2 N–H and O–H groups in total. The summed E-state index contributed by atoms with van der Waals surface area (Å²) in [5, 5.41) is 24.9. The molecule has 2 aromatic carbocycles. The van der Waals surface area contributed by atoms with Crippen molar-refractivity contribution in [3.8, 4) is 17.2 Å². The number of nitro groups is 1. The van der Waals surface area contributed by atoms with Crippen LogP contribution in [0.4, 0.5) is 5.69 Å². The molecule has 0 aromatic heterocycles. The first kappa shape index (κ1) is 22.4.